The average Bonchev–Trinajstić information content (AvgIpc) is 2.86. The molecule has 0 nitrogen and oxygen atoms in total. The normalized spacial score (nSPS) is 19.8. The molecule has 1 saturated carbocycles. The summed E-state index contributed by atoms with van der Waals surface area (Å²) in [4.78, 5) is 0. The summed E-state index contributed by atoms with van der Waals surface area (Å²) < 4.78 is 42.1. The van der Waals surface area contributed by atoms with Crippen molar-refractivity contribution in [2.45, 2.75) is 115 Å². The summed E-state index contributed by atoms with van der Waals surface area (Å²) >= 11 is 0. The number of benzene rings is 2. The van der Waals surface area contributed by atoms with Gasteiger partial charge < -0.3 is 0 Å². The summed E-state index contributed by atoms with van der Waals surface area (Å²) in [6.45, 7) is 3.92. The van der Waals surface area contributed by atoms with Crippen molar-refractivity contribution in [1.29, 1.82) is 0 Å². The van der Waals surface area contributed by atoms with Gasteiger partial charge in [0, 0.05) is 6.42 Å². The molecule has 188 valence electrons. The highest BCUT2D eigenvalue weighted by atomic mass is 19.3. The Bertz CT molecular complexity index is 817. The van der Waals surface area contributed by atoms with Gasteiger partial charge in [0.1, 0.15) is 0 Å². The first-order valence-corrected chi connectivity index (χ1v) is 13.7. The first kappa shape index (κ1) is 26.8. The van der Waals surface area contributed by atoms with Crippen molar-refractivity contribution < 1.29 is 13.2 Å². The third kappa shape index (κ3) is 7.62. The highest BCUT2D eigenvalue weighted by Crippen LogP contribution is 2.40. The molecule has 1 atom stereocenters. The van der Waals surface area contributed by atoms with Crippen LogP contribution in [-0.2, 0) is 0 Å². The fourth-order valence-electron chi connectivity index (χ4n) is 5.49. The molecule has 0 bridgehead atoms. The number of unbranched alkanes of at least 4 members (excludes halogenated alkanes) is 5. The largest absolute Gasteiger partial charge is 0.282 e. The molecule has 0 spiro atoms. The fourth-order valence-corrected chi connectivity index (χ4v) is 5.49. The van der Waals surface area contributed by atoms with Crippen LogP contribution < -0.4 is 0 Å². The van der Waals surface area contributed by atoms with Crippen molar-refractivity contribution in [3.05, 3.63) is 59.7 Å². The first-order chi connectivity index (χ1) is 16.4. The Morgan fingerprint density at radius 2 is 1.29 bits per heavy atom. The predicted molar refractivity (Wildman–Crippen MR) is 138 cm³/mol. The number of hydrogen-bond donors (Lipinski definition) is 0. The molecule has 0 radical (unpaired) electrons. The molecule has 0 aliphatic heterocycles. The van der Waals surface area contributed by atoms with Crippen molar-refractivity contribution in [3.63, 3.8) is 0 Å². The first-order valence-electron chi connectivity index (χ1n) is 13.7. The monoisotopic (exact) mass is 472 g/mol. The number of halogens is 3. The van der Waals surface area contributed by atoms with Gasteiger partial charge in [0.2, 0.25) is 0 Å². The van der Waals surface area contributed by atoms with Crippen LogP contribution in [0.1, 0.15) is 121 Å². The molecule has 1 unspecified atom stereocenters. The summed E-state index contributed by atoms with van der Waals surface area (Å²) in [5.41, 5.74) is 3.43. The van der Waals surface area contributed by atoms with Crippen LogP contribution in [0.3, 0.4) is 0 Å². The Morgan fingerprint density at radius 1 is 0.735 bits per heavy atom. The van der Waals surface area contributed by atoms with Crippen molar-refractivity contribution in [3.8, 4) is 11.1 Å². The highest BCUT2D eigenvalue weighted by molar-refractivity contribution is 5.64. The molecule has 1 aliphatic rings. The van der Waals surface area contributed by atoms with Crippen LogP contribution in [-0.4, -0.2) is 5.92 Å². The molecule has 1 aliphatic carbocycles. The summed E-state index contributed by atoms with van der Waals surface area (Å²) in [5.74, 6) is -1.76. The Hall–Kier alpha value is -1.77. The second-order valence-electron chi connectivity index (χ2n) is 10.4. The lowest BCUT2D eigenvalue weighted by Crippen LogP contribution is -2.22. The maximum atomic E-state index is 14.3. The SMILES string of the molecule is CCCCCCCCC1CCC(c2ccc(-c3ccc(C(F)C(F)(F)CCC)cc3)cc2)CC1. The van der Waals surface area contributed by atoms with Crippen LogP contribution in [0, 0.1) is 5.92 Å². The molecule has 0 heterocycles. The molecular formula is C31H43F3. The third-order valence-electron chi connectivity index (χ3n) is 7.69. The lowest BCUT2D eigenvalue weighted by atomic mass is 9.77. The van der Waals surface area contributed by atoms with Gasteiger partial charge in [-0.25, -0.2) is 13.2 Å². The van der Waals surface area contributed by atoms with Gasteiger partial charge in [0.05, 0.1) is 0 Å². The molecule has 2 aromatic rings. The smallest absolute Gasteiger partial charge is 0.236 e. The van der Waals surface area contributed by atoms with Crippen LogP contribution in [0.15, 0.2) is 48.5 Å². The van der Waals surface area contributed by atoms with Gasteiger partial charge >= 0.3 is 0 Å². The lowest BCUT2D eigenvalue weighted by molar-refractivity contribution is -0.0807. The van der Waals surface area contributed by atoms with E-state index in [9.17, 15) is 13.2 Å². The molecule has 0 N–H and O–H groups in total. The highest BCUT2D eigenvalue weighted by Gasteiger charge is 2.39. The number of alkyl halides is 3. The van der Waals surface area contributed by atoms with E-state index < -0.39 is 18.5 Å². The minimum absolute atomic E-state index is 0.0524. The minimum atomic E-state index is -3.31. The van der Waals surface area contributed by atoms with Crippen LogP contribution in [0.4, 0.5) is 13.2 Å². The van der Waals surface area contributed by atoms with E-state index in [1.165, 1.54) is 88.3 Å². The van der Waals surface area contributed by atoms with Gasteiger partial charge in [-0.15, -0.1) is 0 Å². The molecule has 2 aromatic carbocycles. The molecule has 0 aromatic heterocycles. The topological polar surface area (TPSA) is 0 Å². The number of hydrogen-bond acceptors (Lipinski definition) is 0. The van der Waals surface area contributed by atoms with Crippen molar-refractivity contribution in [2.75, 3.05) is 0 Å². The standard InChI is InChI=1S/C31H43F3/c1-3-5-6-7-8-9-10-24-11-13-25(14-12-24)26-15-17-27(18-16-26)28-19-21-29(22-20-28)30(32)31(33,34)23-4-2/h15-22,24-25,30H,3-14,23H2,1-2H3. The van der Waals surface area contributed by atoms with Crippen molar-refractivity contribution >= 4 is 0 Å². The molecular weight excluding hydrogens is 429 g/mol. The lowest BCUT2D eigenvalue weighted by Gasteiger charge is -2.29. The Morgan fingerprint density at radius 3 is 1.88 bits per heavy atom. The van der Waals surface area contributed by atoms with E-state index >= 15 is 0 Å². The molecule has 3 rings (SSSR count). The molecule has 1 fully saturated rings. The summed E-state index contributed by atoms with van der Waals surface area (Å²) in [6.07, 6.45) is 12.5. The van der Waals surface area contributed by atoms with Gasteiger partial charge in [-0.2, -0.15) is 0 Å². The quantitative estimate of drug-likeness (QED) is 0.254. The van der Waals surface area contributed by atoms with Gasteiger partial charge in [0.25, 0.3) is 5.92 Å². The van der Waals surface area contributed by atoms with Crippen LogP contribution in [0.2, 0.25) is 0 Å². The van der Waals surface area contributed by atoms with Crippen LogP contribution in [0.25, 0.3) is 11.1 Å². The van der Waals surface area contributed by atoms with Gasteiger partial charge in [-0.05, 0) is 59.8 Å². The second-order valence-corrected chi connectivity index (χ2v) is 10.4. The van der Waals surface area contributed by atoms with E-state index in [1.807, 2.05) is 0 Å². The van der Waals surface area contributed by atoms with E-state index in [1.54, 1.807) is 19.1 Å². The zero-order valence-electron chi connectivity index (χ0n) is 21.2. The Balaban J connectivity index is 1.48. The molecule has 34 heavy (non-hydrogen) atoms. The third-order valence-corrected chi connectivity index (χ3v) is 7.69. The zero-order valence-corrected chi connectivity index (χ0v) is 21.2. The van der Waals surface area contributed by atoms with Crippen LogP contribution in [0.5, 0.6) is 0 Å². The van der Waals surface area contributed by atoms with Gasteiger partial charge in [-0.3, -0.25) is 0 Å². The summed E-state index contributed by atoms with van der Waals surface area (Å²) in [5, 5.41) is 0. The number of rotatable bonds is 13. The molecule has 0 amide bonds. The molecule has 3 heteroatoms. The Labute approximate surface area is 205 Å². The van der Waals surface area contributed by atoms with E-state index in [2.05, 4.69) is 31.2 Å². The predicted octanol–water partition coefficient (Wildman–Crippen LogP) is 10.8. The fraction of sp³-hybridized carbons (Fsp3) is 0.613. The summed E-state index contributed by atoms with van der Waals surface area (Å²) in [6, 6.07) is 15.2. The maximum Gasteiger partial charge on any atom is 0.282 e. The van der Waals surface area contributed by atoms with Crippen molar-refractivity contribution in [1.82, 2.24) is 0 Å². The van der Waals surface area contributed by atoms with E-state index in [0.717, 1.165) is 17.0 Å². The van der Waals surface area contributed by atoms with E-state index in [-0.39, 0.29) is 12.0 Å². The van der Waals surface area contributed by atoms with Crippen molar-refractivity contribution in [2.24, 2.45) is 5.92 Å². The van der Waals surface area contributed by atoms with Crippen LogP contribution >= 0.6 is 0 Å². The van der Waals surface area contributed by atoms with E-state index in [4.69, 9.17) is 0 Å². The molecule has 0 saturated heterocycles. The average molecular weight is 473 g/mol. The van der Waals surface area contributed by atoms with Gasteiger partial charge in [-0.1, -0.05) is 114 Å². The van der Waals surface area contributed by atoms with E-state index in [0.29, 0.717) is 5.92 Å². The zero-order chi connectivity index (χ0) is 24.4. The second kappa shape index (κ2) is 13.4. The Kier molecular flexibility index (Phi) is 10.5. The maximum absolute atomic E-state index is 14.3. The van der Waals surface area contributed by atoms with Gasteiger partial charge in [0.15, 0.2) is 6.17 Å². The summed E-state index contributed by atoms with van der Waals surface area (Å²) in [7, 11) is 0. The minimum Gasteiger partial charge on any atom is -0.236 e.